The predicted octanol–water partition coefficient (Wildman–Crippen LogP) is 3.78. The number of H-pyrrole nitrogens is 1. The summed E-state index contributed by atoms with van der Waals surface area (Å²) < 4.78 is 51.6. The molecular weight excluding hydrogens is 538 g/mol. The number of hydrogen-bond acceptors (Lipinski definition) is 8. The zero-order valence-corrected chi connectivity index (χ0v) is 23.2. The minimum atomic E-state index is -4.04. The molecule has 0 radical (unpaired) electrons. The lowest BCUT2D eigenvalue weighted by atomic mass is 9.86. The number of aromatic amines is 1. The van der Waals surface area contributed by atoms with E-state index in [0.717, 1.165) is 9.55 Å². The number of benzene rings is 1. The standard InChI is InChI=1S/C27H27N5O5S2/c1-18-14-21(6-10-27(18,2)39(36,37)32-13-9-20-7-12-29-26(33)25(20)32)22-15-19(16-38(3,34)35)4-5-23(22)31-24-8-11-28-17-30-24/h4-9,11-15,17H,10,16H2,1-3H3,(H,29,33)(H,28,30,31). The second kappa shape index (κ2) is 9.62. The molecule has 0 bridgehead atoms. The van der Waals surface area contributed by atoms with Crippen LogP contribution in [0, 0.1) is 0 Å². The number of sulfone groups is 1. The number of nitrogens with zero attached hydrogens (tertiary/aromatic N) is 3. The van der Waals surface area contributed by atoms with Crippen molar-refractivity contribution < 1.29 is 16.8 Å². The van der Waals surface area contributed by atoms with E-state index in [9.17, 15) is 21.6 Å². The summed E-state index contributed by atoms with van der Waals surface area (Å²) in [5.74, 6) is 0.418. The minimum absolute atomic E-state index is 0.0751. The molecule has 5 rings (SSSR count). The normalized spacial score (nSPS) is 18.0. The molecule has 3 aromatic heterocycles. The average Bonchev–Trinajstić information content (AvgIpc) is 3.33. The number of anilines is 2. The van der Waals surface area contributed by atoms with Gasteiger partial charge in [0.1, 0.15) is 22.4 Å². The summed E-state index contributed by atoms with van der Waals surface area (Å²) in [6.45, 7) is 3.39. The quantitative estimate of drug-likeness (QED) is 0.345. The molecular formula is C27H27N5O5S2. The third kappa shape index (κ3) is 4.92. The molecule has 1 atom stereocenters. The van der Waals surface area contributed by atoms with Crippen LogP contribution in [0.15, 0.2) is 83.8 Å². The van der Waals surface area contributed by atoms with Crippen molar-refractivity contribution in [1.82, 2.24) is 18.9 Å². The lowest BCUT2D eigenvalue weighted by Gasteiger charge is -2.33. The van der Waals surface area contributed by atoms with Crippen LogP contribution in [-0.2, 0) is 25.6 Å². The van der Waals surface area contributed by atoms with Crippen molar-refractivity contribution in [3.8, 4) is 0 Å². The molecule has 0 saturated carbocycles. The van der Waals surface area contributed by atoms with E-state index >= 15 is 0 Å². The van der Waals surface area contributed by atoms with Crippen LogP contribution < -0.4 is 10.9 Å². The predicted molar refractivity (Wildman–Crippen MR) is 152 cm³/mol. The van der Waals surface area contributed by atoms with Gasteiger partial charge in [-0.2, -0.15) is 0 Å². The van der Waals surface area contributed by atoms with Gasteiger partial charge in [0.25, 0.3) is 5.56 Å². The maximum absolute atomic E-state index is 14.0. The highest BCUT2D eigenvalue weighted by molar-refractivity contribution is 7.91. The maximum Gasteiger partial charge on any atom is 0.273 e. The van der Waals surface area contributed by atoms with E-state index in [1.54, 1.807) is 62.5 Å². The second-order valence-electron chi connectivity index (χ2n) is 9.82. The molecule has 0 fully saturated rings. The van der Waals surface area contributed by atoms with Crippen molar-refractivity contribution in [3.63, 3.8) is 0 Å². The minimum Gasteiger partial charge on any atom is -0.340 e. The van der Waals surface area contributed by atoms with Gasteiger partial charge in [-0.3, -0.25) is 4.79 Å². The third-order valence-electron chi connectivity index (χ3n) is 6.99. The molecule has 3 heterocycles. The van der Waals surface area contributed by atoms with Crippen molar-refractivity contribution in [1.29, 1.82) is 0 Å². The van der Waals surface area contributed by atoms with Gasteiger partial charge in [0, 0.05) is 41.5 Å². The van der Waals surface area contributed by atoms with Crippen molar-refractivity contribution in [2.75, 3.05) is 11.6 Å². The molecule has 0 saturated heterocycles. The fourth-order valence-electron chi connectivity index (χ4n) is 4.73. The Bertz CT molecular complexity index is 1920. The molecule has 202 valence electrons. The number of rotatable bonds is 7. The first-order chi connectivity index (χ1) is 18.4. The van der Waals surface area contributed by atoms with Gasteiger partial charge in [0.15, 0.2) is 9.84 Å². The lowest BCUT2D eigenvalue weighted by molar-refractivity contribution is 0.547. The van der Waals surface area contributed by atoms with Crippen molar-refractivity contribution in [2.24, 2.45) is 0 Å². The first-order valence-electron chi connectivity index (χ1n) is 12.1. The molecule has 1 aromatic carbocycles. The lowest BCUT2D eigenvalue weighted by Crippen LogP contribution is -2.41. The fourth-order valence-corrected chi connectivity index (χ4v) is 7.36. The Labute approximate surface area is 226 Å². The van der Waals surface area contributed by atoms with E-state index in [2.05, 4.69) is 20.3 Å². The first kappa shape index (κ1) is 26.6. The van der Waals surface area contributed by atoms with Crippen molar-refractivity contribution >= 4 is 47.8 Å². The van der Waals surface area contributed by atoms with Gasteiger partial charge in [-0.1, -0.05) is 18.2 Å². The van der Waals surface area contributed by atoms with Crippen LogP contribution in [-0.4, -0.2) is 46.8 Å². The Morgan fingerprint density at radius 2 is 1.92 bits per heavy atom. The third-order valence-corrected chi connectivity index (χ3v) is 10.3. The highest BCUT2D eigenvalue weighted by atomic mass is 32.2. The Kier molecular flexibility index (Phi) is 6.55. The summed E-state index contributed by atoms with van der Waals surface area (Å²) in [6.07, 6.45) is 10.8. The smallest absolute Gasteiger partial charge is 0.273 e. The van der Waals surface area contributed by atoms with Gasteiger partial charge in [-0.05, 0) is 67.3 Å². The van der Waals surface area contributed by atoms with Crippen LogP contribution in [0.2, 0.25) is 0 Å². The van der Waals surface area contributed by atoms with E-state index in [0.29, 0.717) is 33.6 Å². The van der Waals surface area contributed by atoms with Crippen molar-refractivity contribution in [2.45, 2.75) is 30.8 Å². The van der Waals surface area contributed by atoms with Gasteiger partial charge >= 0.3 is 0 Å². The Morgan fingerprint density at radius 1 is 1.13 bits per heavy atom. The summed E-state index contributed by atoms with van der Waals surface area (Å²) in [7, 11) is -7.32. The average molecular weight is 566 g/mol. The first-order valence-corrected chi connectivity index (χ1v) is 15.6. The molecule has 10 nitrogen and oxygen atoms in total. The zero-order valence-electron chi connectivity index (χ0n) is 21.5. The highest BCUT2D eigenvalue weighted by Gasteiger charge is 2.43. The highest BCUT2D eigenvalue weighted by Crippen LogP contribution is 2.41. The fraction of sp³-hybridized carbons (Fsp3) is 0.222. The number of hydrogen-bond donors (Lipinski definition) is 2. The van der Waals surface area contributed by atoms with Crippen LogP contribution in [0.1, 0.15) is 31.4 Å². The molecule has 4 aromatic rings. The molecule has 0 spiro atoms. The van der Waals surface area contributed by atoms with Crippen LogP contribution in [0.5, 0.6) is 0 Å². The summed E-state index contributed by atoms with van der Waals surface area (Å²) in [6, 6.07) is 10.3. The zero-order chi connectivity index (χ0) is 28.0. The number of fused-ring (bicyclic) bond motifs is 1. The molecule has 1 aliphatic rings. The van der Waals surface area contributed by atoms with Crippen LogP contribution in [0.25, 0.3) is 16.5 Å². The number of allylic oxidation sites excluding steroid dienone is 3. The van der Waals surface area contributed by atoms with E-state index in [-0.39, 0.29) is 17.7 Å². The summed E-state index contributed by atoms with van der Waals surface area (Å²) in [5, 5.41) is 3.77. The molecule has 0 aliphatic heterocycles. The Morgan fingerprint density at radius 3 is 2.62 bits per heavy atom. The Hall–Kier alpha value is -4.03. The summed E-state index contributed by atoms with van der Waals surface area (Å²) >= 11 is 0. The van der Waals surface area contributed by atoms with Gasteiger partial charge in [-0.15, -0.1) is 0 Å². The van der Waals surface area contributed by atoms with E-state index in [4.69, 9.17) is 0 Å². The SMILES string of the molecule is CC1=CC(c2cc(CS(C)(=O)=O)ccc2Nc2ccncn2)=CCC1(C)S(=O)(=O)n1ccc2cc[nH]c(=O)c21. The number of pyridine rings is 1. The largest absolute Gasteiger partial charge is 0.340 e. The maximum atomic E-state index is 14.0. The number of aromatic nitrogens is 4. The van der Waals surface area contributed by atoms with Gasteiger partial charge in [-0.25, -0.2) is 30.8 Å². The van der Waals surface area contributed by atoms with E-state index in [1.807, 2.05) is 6.08 Å². The summed E-state index contributed by atoms with van der Waals surface area (Å²) in [5.41, 5.74) is 2.89. The van der Waals surface area contributed by atoms with Crippen LogP contribution in [0.4, 0.5) is 11.5 Å². The molecule has 12 heteroatoms. The molecule has 1 unspecified atom stereocenters. The monoisotopic (exact) mass is 565 g/mol. The summed E-state index contributed by atoms with van der Waals surface area (Å²) in [4.78, 5) is 23.2. The van der Waals surface area contributed by atoms with Crippen LogP contribution in [0.3, 0.4) is 0 Å². The van der Waals surface area contributed by atoms with Gasteiger partial charge < -0.3 is 10.3 Å². The molecule has 2 N–H and O–H groups in total. The van der Waals surface area contributed by atoms with E-state index in [1.165, 1.54) is 25.0 Å². The molecule has 1 aliphatic carbocycles. The van der Waals surface area contributed by atoms with Crippen molar-refractivity contribution in [3.05, 3.63) is 101 Å². The molecule has 0 amide bonds. The second-order valence-corrected chi connectivity index (χ2v) is 14.2. The topological polar surface area (TPSA) is 144 Å². The van der Waals surface area contributed by atoms with Gasteiger partial charge in [0.2, 0.25) is 10.0 Å². The van der Waals surface area contributed by atoms with Gasteiger partial charge in [0.05, 0.1) is 5.75 Å². The Balaban J connectivity index is 1.57. The molecule has 39 heavy (non-hydrogen) atoms. The van der Waals surface area contributed by atoms with E-state index < -0.39 is 30.2 Å². The van der Waals surface area contributed by atoms with Crippen LogP contribution >= 0.6 is 0 Å². The number of nitrogens with one attached hydrogen (secondary N) is 2.